The first-order valence-electron chi connectivity index (χ1n) is 8.38. The van der Waals surface area contributed by atoms with E-state index < -0.39 is 0 Å². The van der Waals surface area contributed by atoms with E-state index in [1.54, 1.807) is 19.1 Å². The average molecular weight is 332 g/mol. The Kier molecular flexibility index (Phi) is 4.64. The summed E-state index contributed by atoms with van der Waals surface area (Å²) in [6.45, 7) is 1.73. The van der Waals surface area contributed by atoms with Crippen LogP contribution in [0.3, 0.4) is 0 Å². The van der Waals surface area contributed by atoms with Gasteiger partial charge >= 0.3 is 0 Å². The van der Waals surface area contributed by atoms with E-state index in [1.165, 1.54) is 11.0 Å². The largest absolute Gasteiger partial charge is 0.326 e. The molecule has 0 aromatic heterocycles. The summed E-state index contributed by atoms with van der Waals surface area (Å²) in [7, 11) is 0. The monoisotopic (exact) mass is 332 g/mol. The van der Waals surface area contributed by atoms with Gasteiger partial charge in [-0.05, 0) is 37.5 Å². The smallest absolute Gasteiger partial charge is 0.233 e. The van der Waals surface area contributed by atoms with Gasteiger partial charge in [0.15, 0.2) is 0 Å². The fourth-order valence-electron chi connectivity index (χ4n) is 3.56. The van der Waals surface area contributed by atoms with Crippen LogP contribution >= 0.6 is 0 Å². The van der Waals surface area contributed by atoms with Gasteiger partial charge < -0.3 is 5.32 Å². The minimum Gasteiger partial charge on any atom is -0.326 e. The number of carbonyl (C=O) groups excluding carboxylic acids is 3. The number of likely N-dealkylation sites (tertiary alicyclic amines) is 1. The number of aryl methyl sites for hydroxylation is 1. The Labute approximate surface area is 140 Å². The molecule has 24 heavy (non-hydrogen) atoms. The first-order chi connectivity index (χ1) is 11.5. The van der Waals surface area contributed by atoms with Gasteiger partial charge in [0.25, 0.3) is 0 Å². The minimum absolute atomic E-state index is 0.0203. The van der Waals surface area contributed by atoms with Gasteiger partial charge in [0.1, 0.15) is 5.82 Å². The number of amides is 3. The number of benzene rings is 1. The van der Waals surface area contributed by atoms with Crippen LogP contribution in [0.2, 0.25) is 0 Å². The molecule has 2 fully saturated rings. The van der Waals surface area contributed by atoms with Gasteiger partial charge in [0, 0.05) is 18.7 Å². The topological polar surface area (TPSA) is 66.5 Å². The van der Waals surface area contributed by atoms with Crippen LogP contribution < -0.4 is 5.32 Å². The molecular weight excluding hydrogens is 311 g/mol. The lowest BCUT2D eigenvalue weighted by Crippen LogP contribution is -2.34. The molecule has 1 aromatic carbocycles. The highest BCUT2D eigenvalue weighted by atomic mass is 19.1. The van der Waals surface area contributed by atoms with Crippen molar-refractivity contribution in [1.29, 1.82) is 0 Å². The number of halogens is 1. The first-order valence-corrected chi connectivity index (χ1v) is 8.38. The molecule has 1 aliphatic heterocycles. The maximum absolute atomic E-state index is 13.5. The second-order valence-electron chi connectivity index (χ2n) is 6.59. The number of nitrogens with one attached hydrogen (secondary N) is 1. The van der Waals surface area contributed by atoms with E-state index in [4.69, 9.17) is 0 Å². The molecule has 128 valence electrons. The summed E-state index contributed by atoms with van der Waals surface area (Å²) in [6.07, 6.45) is 3.51. The van der Waals surface area contributed by atoms with E-state index in [1.807, 2.05) is 0 Å². The Hall–Kier alpha value is -2.24. The van der Waals surface area contributed by atoms with Crippen molar-refractivity contribution < 1.29 is 18.8 Å². The second kappa shape index (κ2) is 6.71. The number of carbonyl (C=O) groups is 3. The number of rotatable bonds is 4. The number of imide groups is 1. The molecular formula is C18H21FN2O3. The molecule has 3 amide bonds. The van der Waals surface area contributed by atoms with E-state index in [0.29, 0.717) is 11.3 Å². The van der Waals surface area contributed by atoms with Crippen LogP contribution in [-0.4, -0.2) is 29.2 Å². The zero-order valence-corrected chi connectivity index (χ0v) is 13.7. The lowest BCUT2D eigenvalue weighted by Gasteiger charge is -2.19. The Morgan fingerprint density at radius 2 is 1.83 bits per heavy atom. The van der Waals surface area contributed by atoms with Crippen LogP contribution in [-0.2, 0) is 14.4 Å². The highest BCUT2D eigenvalue weighted by molar-refractivity contribution is 6.05. The fraction of sp³-hybridized carbons (Fsp3) is 0.500. The summed E-state index contributed by atoms with van der Waals surface area (Å²) in [5.74, 6) is -1.39. The van der Waals surface area contributed by atoms with E-state index in [9.17, 15) is 18.8 Å². The predicted octanol–water partition coefficient (Wildman–Crippen LogP) is 2.64. The van der Waals surface area contributed by atoms with Gasteiger partial charge in [-0.1, -0.05) is 18.9 Å². The number of hydrogen-bond donors (Lipinski definition) is 1. The summed E-state index contributed by atoms with van der Waals surface area (Å²) >= 11 is 0. The third kappa shape index (κ3) is 3.18. The van der Waals surface area contributed by atoms with E-state index in [2.05, 4.69) is 5.32 Å². The summed E-state index contributed by atoms with van der Waals surface area (Å²) < 4.78 is 13.5. The van der Waals surface area contributed by atoms with Gasteiger partial charge in [0.2, 0.25) is 17.7 Å². The van der Waals surface area contributed by atoms with Crippen LogP contribution in [0, 0.1) is 24.6 Å². The van der Waals surface area contributed by atoms with Crippen molar-refractivity contribution in [3.63, 3.8) is 0 Å². The van der Waals surface area contributed by atoms with Crippen LogP contribution in [0.25, 0.3) is 0 Å². The molecule has 1 N–H and O–H groups in total. The Morgan fingerprint density at radius 3 is 2.42 bits per heavy atom. The zero-order valence-electron chi connectivity index (χ0n) is 13.7. The maximum atomic E-state index is 13.5. The molecule has 0 unspecified atom stereocenters. The highest BCUT2D eigenvalue weighted by Gasteiger charge is 2.47. The van der Waals surface area contributed by atoms with E-state index in [-0.39, 0.29) is 48.3 Å². The van der Waals surface area contributed by atoms with Crippen molar-refractivity contribution in [1.82, 2.24) is 4.90 Å². The van der Waals surface area contributed by atoms with Crippen molar-refractivity contribution in [2.75, 3.05) is 11.9 Å². The summed E-state index contributed by atoms with van der Waals surface area (Å²) in [6, 6.07) is 4.47. The summed E-state index contributed by atoms with van der Waals surface area (Å²) in [5, 5.41) is 2.60. The predicted molar refractivity (Wildman–Crippen MR) is 86.6 cm³/mol. The molecule has 0 spiro atoms. The first kappa shape index (κ1) is 16.6. The van der Waals surface area contributed by atoms with Crippen molar-refractivity contribution >= 4 is 23.4 Å². The number of hydrogen-bond acceptors (Lipinski definition) is 3. The molecule has 3 rings (SSSR count). The molecule has 0 bridgehead atoms. The number of anilines is 1. The van der Waals surface area contributed by atoms with Crippen molar-refractivity contribution in [2.24, 2.45) is 11.8 Å². The Morgan fingerprint density at radius 1 is 1.21 bits per heavy atom. The lowest BCUT2D eigenvalue weighted by molar-refractivity contribution is -0.140. The van der Waals surface area contributed by atoms with Crippen LogP contribution in [0.5, 0.6) is 0 Å². The molecule has 1 aliphatic carbocycles. The lowest BCUT2D eigenvalue weighted by atomic mass is 9.81. The third-order valence-corrected chi connectivity index (χ3v) is 4.95. The molecule has 1 heterocycles. The summed E-state index contributed by atoms with van der Waals surface area (Å²) in [5.41, 5.74) is 0.875. The van der Waals surface area contributed by atoms with Crippen molar-refractivity contribution in [2.45, 2.75) is 39.0 Å². The van der Waals surface area contributed by atoms with Gasteiger partial charge in [-0.3, -0.25) is 19.3 Å². The van der Waals surface area contributed by atoms with Crippen LogP contribution in [0.1, 0.15) is 37.7 Å². The standard InChI is InChI=1S/C18H21FN2O3/c1-11-6-7-12(10-15(11)19)20-16(22)8-9-21-17(23)13-4-2-3-5-14(13)18(21)24/h6-7,10,13-14H,2-5,8-9H2,1H3,(H,20,22)/t13-,14-/m0/s1. The molecule has 2 atom stereocenters. The summed E-state index contributed by atoms with van der Waals surface area (Å²) in [4.78, 5) is 37.9. The second-order valence-corrected chi connectivity index (χ2v) is 6.59. The Bertz CT molecular complexity index is 665. The molecule has 5 nitrogen and oxygen atoms in total. The van der Waals surface area contributed by atoms with Gasteiger partial charge in [0.05, 0.1) is 11.8 Å². The zero-order chi connectivity index (χ0) is 17.3. The normalized spacial score (nSPS) is 23.3. The van der Waals surface area contributed by atoms with E-state index >= 15 is 0 Å². The highest BCUT2D eigenvalue weighted by Crippen LogP contribution is 2.37. The molecule has 2 aliphatic rings. The van der Waals surface area contributed by atoms with Gasteiger partial charge in [-0.25, -0.2) is 4.39 Å². The quantitative estimate of drug-likeness (QED) is 0.862. The third-order valence-electron chi connectivity index (χ3n) is 4.95. The average Bonchev–Trinajstić information content (AvgIpc) is 2.81. The van der Waals surface area contributed by atoms with Crippen molar-refractivity contribution in [3.8, 4) is 0 Å². The molecule has 1 saturated carbocycles. The van der Waals surface area contributed by atoms with Crippen LogP contribution in [0.15, 0.2) is 18.2 Å². The SMILES string of the molecule is Cc1ccc(NC(=O)CCN2C(=O)[C@H]3CCCC[C@@H]3C2=O)cc1F. The van der Waals surface area contributed by atoms with E-state index in [0.717, 1.165) is 25.7 Å². The maximum Gasteiger partial charge on any atom is 0.233 e. The molecule has 0 radical (unpaired) electrons. The Balaban J connectivity index is 1.57. The van der Waals surface area contributed by atoms with Crippen LogP contribution in [0.4, 0.5) is 10.1 Å². The van der Waals surface area contributed by atoms with Crippen molar-refractivity contribution in [3.05, 3.63) is 29.6 Å². The fourth-order valence-corrected chi connectivity index (χ4v) is 3.56. The molecule has 6 heteroatoms. The number of nitrogens with zero attached hydrogens (tertiary/aromatic N) is 1. The number of fused-ring (bicyclic) bond motifs is 1. The molecule has 1 aromatic rings. The van der Waals surface area contributed by atoms with Gasteiger partial charge in [-0.15, -0.1) is 0 Å². The van der Waals surface area contributed by atoms with Gasteiger partial charge in [-0.2, -0.15) is 0 Å². The molecule has 1 saturated heterocycles. The minimum atomic E-state index is -0.387.